The van der Waals surface area contributed by atoms with Crippen LogP contribution in [-0.2, 0) is 9.59 Å². The second-order valence-electron chi connectivity index (χ2n) is 3.50. The summed E-state index contributed by atoms with van der Waals surface area (Å²) in [5.74, 6) is -2.15. The summed E-state index contributed by atoms with van der Waals surface area (Å²) < 4.78 is 0.992. The third-order valence-electron chi connectivity index (χ3n) is 2.17. The summed E-state index contributed by atoms with van der Waals surface area (Å²) in [4.78, 5) is 25.4. The summed E-state index contributed by atoms with van der Waals surface area (Å²) >= 11 is 2.89. The quantitative estimate of drug-likeness (QED) is 0.741. The highest BCUT2D eigenvalue weighted by Gasteiger charge is 2.19. The fourth-order valence-electron chi connectivity index (χ4n) is 1.18. The van der Waals surface area contributed by atoms with E-state index in [4.69, 9.17) is 10.2 Å². The zero-order valence-electron chi connectivity index (χ0n) is 9.25. The van der Waals surface area contributed by atoms with Crippen LogP contribution >= 0.6 is 23.1 Å². The van der Waals surface area contributed by atoms with E-state index in [0.29, 0.717) is 5.75 Å². The number of thioether (sulfide) groups is 1. The zero-order valence-corrected chi connectivity index (χ0v) is 10.9. The van der Waals surface area contributed by atoms with E-state index in [1.807, 2.05) is 6.92 Å². The molecule has 1 rings (SSSR count). The molecule has 1 aromatic heterocycles. The van der Waals surface area contributed by atoms with Crippen molar-refractivity contribution in [2.75, 3.05) is 5.75 Å². The average Bonchev–Trinajstić information content (AvgIpc) is 2.63. The van der Waals surface area contributed by atoms with Crippen molar-refractivity contribution in [1.29, 1.82) is 0 Å². The molecule has 7 heteroatoms. The molecular formula is C10H13NO4S2. The lowest BCUT2D eigenvalue weighted by Crippen LogP contribution is -2.17. The van der Waals surface area contributed by atoms with E-state index in [0.717, 1.165) is 9.90 Å². The third-order valence-corrected chi connectivity index (χ3v) is 4.66. The summed E-state index contributed by atoms with van der Waals surface area (Å²) in [5, 5.41) is 17.5. The molecule has 1 aromatic rings. The lowest BCUT2D eigenvalue weighted by molar-refractivity contribution is -0.142. The van der Waals surface area contributed by atoms with E-state index in [-0.39, 0.29) is 12.8 Å². The van der Waals surface area contributed by atoms with Crippen molar-refractivity contribution >= 4 is 35.0 Å². The SMILES string of the molecule is Cc1ncsc1SCC(CCC(=O)O)C(=O)O. The molecule has 1 atom stereocenters. The second-order valence-corrected chi connectivity index (χ2v) is 5.65. The van der Waals surface area contributed by atoms with Gasteiger partial charge < -0.3 is 10.2 Å². The van der Waals surface area contributed by atoms with Crippen LogP contribution in [0.15, 0.2) is 9.72 Å². The van der Waals surface area contributed by atoms with Gasteiger partial charge in [0.1, 0.15) is 0 Å². The number of hydrogen-bond donors (Lipinski definition) is 2. The van der Waals surface area contributed by atoms with Gasteiger partial charge in [0.05, 0.1) is 21.3 Å². The highest BCUT2D eigenvalue weighted by atomic mass is 32.2. The van der Waals surface area contributed by atoms with Gasteiger partial charge in [0, 0.05) is 12.2 Å². The number of rotatable bonds is 7. The van der Waals surface area contributed by atoms with Gasteiger partial charge in [-0.15, -0.1) is 23.1 Å². The van der Waals surface area contributed by atoms with Gasteiger partial charge in [-0.2, -0.15) is 0 Å². The molecule has 0 saturated heterocycles. The Kier molecular flexibility index (Phi) is 5.43. The number of carboxylic acid groups (broad SMARTS) is 2. The number of aromatic nitrogens is 1. The predicted octanol–water partition coefficient (Wildman–Crippen LogP) is 2.11. The number of hydrogen-bond acceptors (Lipinski definition) is 5. The smallest absolute Gasteiger partial charge is 0.307 e. The van der Waals surface area contributed by atoms with E-state index in [9.17, 15) is 9.59 Å². The predicted molar refractivity (Wildman–Crippen MR) is 65.6 cm³/mol. The molecular weight excluding hydrogens is 262 g/mol. The van der Waals surface area contributed by atoms with Crippen molar-refractivity contribution in [3.63, 3.8) is 0 Å². The van der Waals surface area contributed by atoms with Gasteiger partial charge in [-0.3, -0.25) is 9.59 Å². The van der Waals surface area contributed by atoms with Crippen molar-refractivity contribution in [3.05, 3.63) is 11.2 Å². The molecule has 17 heavy (non-hydrogen) atoms. The Morgan fingerprint density at radius 3 is 2.71 bits per heavy atom. The maximum atomic E-state index is 10.9. The minimum absolute atomic E-state index is 0.112. The third kappa shape index (κ3) is 4.74. The van der Waals surface area contributed by atoms with Crippen LogP contribution in [0.4, 0.5) is 0 Å². The lowest BCUT2D eigenvalue weighted by Gasteiger charge is -2.09. The largest absolute Gasteiger partial charge is 0.481 e. The highest BCUT2D eigenvalue weighted by Crippen LogP contribution is 2.29. The van der Waals surface area contributed by atoms with Crippen LogP contribution in [-0.4, -0.2) is 32.9 Å². The van der Waals surface area contributed by atoms with E-state index in [1.54, 1.807) is 5.51 Å². The van der Waals surface area contributed by atoms with Crippen LogP contribution in [0, 0.1) is 12.8 Å². The van der Waals surface area contributed by atoms with E-state index < -0.39 is 17.9 Å². The molecule has 0 aliphatic rings. The molecule has 0 aliphatic heterocycles. The van der Waals surface area contributed by atoms with Gasteiger partial charge >= 0.3 is 11.9 Å². The lowest BCUT2D eigenvalue weighted by atomic mass is 10.1. The van der Waals surface area contributed by atoms with Crippen LogP contribution in [0.3, 0.4) is 0 Å². The number of thiazole rings is 1. The number of carbonyl (C=O) groups is 2. The normalized spacial score (nSPS) is 12.3. The second kappa shape index (κ2) is 6.61. The number of aryl methyl sites for hydroxylation is 1. The maximum absolute atomic E-state index is 10.9. The summed E-state index contributed by atoms with van der Waals surface area (Å²) in [6.45, 7) is 1.87. The fourth-order valence-corrected chi connectivity index (χ4v) is 3.24. The minimum atomic E-state index is -0.963. The first-order chi connectivity index (χ1) is 8.00. The molecule has 0 radical (unpaired) electrons. The Morgan fingerprint density at radius 2 is 2.24 bits per heavy atom. The topological polar surface area (TPSA) is 87.5 Å². The molecule has 0 fully saturated rings. The van der Waals surface area contributed by atoms with E-state index >= 15 is 0 Å². The Morgan fingerprint density at radius 1 is 1.53 bits per heavy atom. The van der Waals surface area contributed by atoms with Crippen molar-refractivity contribution in [3.8, 4) is 0 Å². The van der Waals surface area contributed by atoms with Gasteiger partial charge in [-0.05, 0) is 13.3 Å². The molecule has 0 aromatic carbocycles. The number of carboxylic acids is 2. The van der Waals surface area contributed by atoms with Crippen molar-refractivity contribution < 1.29 is 19.8 Å². The molecule has 0 aliphatic carbocycles. The van der Waals surface area contributed by atoms with Gasteiger partial charge in [0.15, 0.2) is 0 Å². The molecule has 2 N–H and O–H groups in total. The minimum Gasteiger partial charge on any atom is -0.481 e. The van der Waals surface area contributed by atoms with Crippen LogP contribution < -0.4 is 0 Å². The molecule has 1 heterocycles. The number of aliphatic carboxylic acids is 2. The first-order valence-electron chi connectivity index (χ1n) is 4.98. The first-order valence-corrected chi connectivity index (χ1v) is 6.84. The zero-order chi connectivity index (χ0) is 12.8. The van der Waals surface area contributed by atoms with E-state index in [1.165, 1.54) is 23.1 Å². The molecule has 5 nitrogen and oxygen atoms in total. The van der Waals surface area contributed by atoms with Crippen molar-refractivity contribution in [2.45, 2.75) is 24.0 Å². The van der Waals surface area contributed by atoms with Crippen LogP contribution in [0.1, 0.15) is 18.5 Å². The molecule has 0 amide bonds. The molecule has 0 bridgehead atoms. The molecule has 0 saturated carbocycles. The Hall–Kier alpha value is -1.08. The maximum Gasteiger partial charge on any atom is 0.307 e. The summed E-state index contributed by atoms with van der Waals surface area (Å²) in [6, 6.07) is 0. The van der Waals surface area contributed by atoms with Crippen molar-refractivity contribution in [2.24, 2.45) is 5.92 Å². The summed E-state index contributed by atoms with van der Waals surface area (Å²) in [7, 11) is 0. The Labute approximate surface area is 107 Å². The van der Waals surface area contributed by atoms with Gasteiger partial charge in [0.25, 0.3) is 0 Å². The fraction of sp³-hybridized carbons (Fsp3) is 0.500. The summed E-state index contributed by atoms with van der Waals surface area (Å²) in [6.07, 6.45) is 0.0503. The van der Waals surface area contributed by atoms with Crippen LogP contribution in [0.2, 0.25) is 0 Å². The van der Waals surface area contributed by atoms with Gasteiger partial charge in [0.2, 0.25) is 0 Å². The number of nitrogens with zero attached hydrogens (tertiary/aromatic N) is 1. The summed E-state index contributed by atoms with van der Waals surface area (Å²) in [5.41, 5.74) is 2.60. The molecule has 1 unspecified atom stereocenters. The van der Waals surface area contributed by atoms with Crippen LogP contribution in [0.25, 0.3) is 0 Å². The van der Waals surface area contributed by atoms with E-state index in [2.05, 4.69) is 4.98 Å². The van der Waals surface area contributed by atoms with Gasteiger partial charge in [-0.1, -0.05) is 0 Å². The van der Waals surface area contributed by atoms with Crippen LogP contribution in [0.5, 0.6) is 0 Å². The van der Waals surface area contributed by atoms with Crippen molar-refractivity contribution in [1.82, 2.24) is 4.98 Å². The monoisotopic (exact) mass is 275 g/mol. The molecule has 0 spiro atoms. The Bertz CT molecular complexity index is 405. The average molecular weight is 275 g/mol. The highest BCUT2D eigenvalue weighted by molar-refractivity contribution is 8.01. The standard InChI is InChI=1S/C10H13NO4S2/c1-6-10(17-5-11-6)16-4-7(9(14)15)2-3-8(12)13/h5,7H,2-4H2,1H3,(H,12,13)(H,14,15). The van der Waals surface area contributed by atoms with Gasteiger partial charge in [-0.25, -0.2) is 4.98 Å². The molecule has 94 valence electrons. The Balaban J connectivity index is 2.47. The first kappa shape index (κ1) is 14.0.